The molecule has 6 heteroatoms. The summed E-state index contributed by atoms with van der Waals surface area (Å²) in [5, 5.41) is 2.75. The minimum absolute atomic E-state index is 0.0424. The highest BCUT2D eigenvalue weighted by Gasteiger charge is 2.19. The molecule has 2 rings (SSSR count). The second-order valence-electron chi connectivity index (χ2n) is 4.57. The number of ether oxygens (including phenoxy) is 1. The molecule has 0 bridgehead atoms. The summed E-state index contributed by atoms with van der Waals surface area (Å²) in [5.74, 6) is 0.596. The van der Waals surface area contributed by atoms with Gasteiger partial charge in [-0.1, -0.05) is 15.9 Å². The number of hydrogen-bond donors (Lipinski definition) is 1. The molecular weight excluding hydrogens is 324 g/mol. The molecule has 2 amide bonds. The summed E-state index contributed by atoms with van der Waals surface area (Å²) in [4.78, 5) is 25.0. The number of carbonyl (C=O) groups excluding carboxylic acids is 2. The molecule has 1 heterocycles. The molecule has 5 nitrogen and oxygen atoms in total. The minimum Gasteiger partial charge on any atom is -0.493 e. The van der Waals surface area contributed by atoms with Crippen molar-refractivity contribution < 1.29 is 14.3 Å². The predicted octanol–water partition coefficient (Wildman–Crippen LogP) is 1.57. The van der Waals surface area contributed by atoms with Crippen molar-refractivity contribution >= 4 is 27.7 Å². The lowest BCUT2D eigenvalue weighted by Gasteiger charge is -2.19. The molecule has 1 aromatic rings. The fourth-order valence-electron chi connectivity index (χ4n) is 1.96. The number of halogens is 1. The van der Waals surface area contributed by atoms with Crippen LogP contribution in [-0.2, 0) is 9.59 Å². The summed E-state index contributed by atoms with van der Waals surface area (Å²) >= 11 is 3.35. The quantitative estimate of drug-likeness (QED) is 0.904. The van der Waals surface area contributed by atoms with Gasteiger partial charge in [0.25, 0.3) is 0 Å². The van der Waals surface area contributed by atoms with Gasteiger partial charge in [-0.25, -0.2) is 0 Å². The van der Waals surface area contributed by atoms with Crippen molar-refractivity contribution in [3.05, 3.63) is 28.7 Å². The molecule has 1 aliphatic heterocycles. The van der Waals surface area contributed by atoms with Crippen molar-refractivity contribution in [3.63, 3.8) is 0 Å². The van der Waals surface area contributed by atoms with Gasteiger partial charge in [0, 0.05) is 17.6 Å². The van der Waals surface area contributed by atoms with E-state index in [4.69, 9.17) is 4.74 Å². The van der Waals surface area contributed by atoms with Crippen LogP contribution in [0.1, 0.15) is 12.8 Å². The number of hydrogen-bond acceptors (Lipinski definition) is 3. The van der Waals surface area contributed by atoms with Gasteiger partial charge in [-0.15, -0.1) is 0 Å². The van der Waals surface area contributed by atoms with E-state index in [-0.39, 0.29) is 24.8 Å². The van der Waals surface area contributed by atoms with E-state index in [0.29, 0.717) is 19.7 Å². The van der Waals surface area contributed by atoms with Gasteiger partial charge in [-0.05, 0) is 30.7 Å². The first-order chi connectivity index (χ1) is 9.65. The van der Waals surface area contributed by atoms with E-state index in [1.165, 1.54) is 0 Å². The van der Waals surface area contributed by atoms with Gasteiger partial charge in [0.15, 0.2) is 0 Å². The Labute approximate surface area is 126 Å². The zero-order valence-corrected chi connectivity index (χ0v) is 12.7. The first-order valence-corrected chi connectivity index (χ1v) is 7.37. The maximum absolute atomic E-state index is 12.0. The third-order valence-electron chi connectivity index (χ3n) is 3.01. The summed E-state index contributed by atoms with van der Waals surface area (Å²) < 4.78 is 6.49. The summed E-state index contributed by atoms with van der Waals surface area (Å²) in [7, 11) is 0. The molecule has 0 radical (unpaired) electrons. The fraction of sp³-hybridized carbons (Fsp3) is 0.429. The van der Waals surface area contributed by atoms with Crippen molar-refractivity contribution in [3.8, 4) is 5.75 Å². The van der Waals surface area contributed by atoms with Crippen LogP contribution in [0.4, 0.5) is 0 Å². The van der Waals surface area contributed by atoms with Crippen LogP contribution >= 0.6 is 15.9 Å². The van der Waals surface area contributed by atoms with Crippen LogP contribution in [-0.4, -0.2) is 43.0 Å². The monoisotopic (exact) mass is 340 g/mol. The topological polar surface area (TPSA) is 58.6 Å². The molecule has 20 heavy (non-hydrogen) atoms. The van der Waals surface area contributed by atoms with E-state index < -0.39 is 0 Å². The Hall–Kier alpha value is -1.56. The SMILES string of the molecule is O=C1CN(C(=O)CCOc2ccc(Br)cc2)CCCN1. The molecule has 1 aromatic carbocycles. The molecule has 0 unspecified atom stereocenters. The molecule has 1 aliphatic rings. The zero-order chi connectivity index (χ0) is 14.4. The Bertz CT molecular complexity index is 476. The van der Waals surface area contributed by atoms with E-state index in [0.717, 1.165) is 16.6 Å². The summed E-state index contributed by atoms with van der Waals surface area (Å²) in [6.45, 7) is 1.73. The Morgan fingerprint density at radius 3 is 2.85 bits per heavy atom. The Morgan fingerprint density at radius 2 is 2.10 bits per heavy atom. The molecule has 0 spiro atoms. The molecule has 1 N–H and O–H groups in total. The average Bonchev–Trinajstić information content (AvgIpc) is 2.65. The lowest BCUT2D eigenvalue weighted by molar-refractivity contribution is -0.135. The van der Waals surface area contributed by atoms with Crippen molar-refractivity contribution in [2.45, 2.75) is 12.8 Å². The molecule has 0 aliphatic carbocycles. The molecular formula is C14H17BrN2O3. The van der Waals surface area contributed by atoms with Crippen LogP contribution in [0.15, 0.2) is 28.7 Å². The number of rotatable bonds is 4. The third kappa shape index (κ3) is 4.52. The van der Waals surface area contributed by atoms with Gasteiger partial charge >= 0.3 is 0 Å². The highest BCUT2D eigenvalue weighted by atomic mass is 79.9. The van der Waals surface area contributed by atoms with E-state index in [1.54, 1.807) is 4.90 Å². The van der Waals surface area contributed by atoms with Crippen molar-refractivity contribution in [1.29, 1.82) is 0 Å². The smallest absolute Gasteiger partial charge is 0.239 e. The van der Waals surface area contributed by atoms with Gasteiger partial charge in [0.05, 0.1) is 19.6 Å². The molecule has 0 saturated carbocycles. The van der Waals surface area contributed by atoms with Crippen LogP contribution in [0.25, 0.3) is 0 Å². The largest absolute Gasteiger partial charge is 0.493 e. The van der Waals surface area contributed by atoms with Crippen LogP contribution in [0.2, 0.25) is 0 Å². The summed E-state index contributed by atoms with van der Waals surface area (Å²) in [6, 6.07) is 7.45. The number of amides is 2. The van der Waals surface area contributed by atoms with Gasteiger partial charge in [-0.3, -0.25) is 9.59 Å². The lowest BCUT2D eigenvalue weighted by atomic mass is 10.3. The Morgan fingerprint density at radius 1 is 1.35 bits per heavy atom. The van der Waals surface area contributed by atoms with Gasteiger partial charge in [-0.2, -0.15) is 0 Å². The Balaban J connectivity index is 1.76. The van der Waals surface area contributed by atoms with Gasteiger partial charge < -0.3 is 15.0 Å². The molecule has 1 saturated heterocycles. The predicted molar refractivity (Wildman–Crippen MR) is 78.5 cm³/mol. The van der Waals surface area contributed by atoms with E-state index in [9.17, 15) is 9.59 Å². The van der Waals surface area contributed by atoms with Crippen molar-refractivity contribution in [2.75, 3.05) is 26.2 Å². The van der Waals surface area contributed by atoms with Crippen molar-refractivity contribution in [1.82, 2.24) is 10.2 Å². The van der Waals surface area contributed by atoms with Crippen LogP contribution in [0, 0.1) is 0 Å². The number of nitrogens with one attached hydrogen (secondary N) is 1. The van der Waals surface area contributed by atoms with Crippen LogP contribution < -0.4 is 10.1 Å². The second kappa shape index (κ2) is 7.28. The van der Waals surface area contributed by atoms with Gasteiger partial charge in [0.1, 0.15) is 5.75 Å². The maximum atomic E-state index is 12.0. The van der Waals surface area contributed by atoms with E-state index >= 15 is 0 Å². The first kappa shape index (κ1) is 14.8. The maximum Gasteiger partial charge on any atom is 0.239 e. The van der Waals surface area contributed by atoms with E-state index in [1.807, 2.05) is 24.3 Å². The average molecular weight is 341 g/mol. The zero-order valence-electron chi connectivity index (χ0n) is 11.1. The normalized spacial score (nSPS) is 15.4. The second-order valence-corrected chi connectivity index (χ2v) is 5.49. The molecule has 0 aromatic heterocycles. The van der Waals surface area contributed by atoms with Crippen molar-refractivity contribution in [2.24, 2.45) is 0 Å². The fourth-order valence-corrected chi connectivity index (χ4v) is 2.23. The van der Waals surface area contributed by atoms with Crippen LogP contribution in [0.3, 0.4) is 0 Å². The lowest BCUT2D eigenvalue weighted by Crippen LogP contribution is -2.37. The summed E-state index contributed by atoms with van der Waals surface area (Å²) in [6.07, 6.45) is 1.08. The number of carbonyl (C=O) groups is 2. The number of nitrogens with zero attached hydrogens (tertiary/aromatic N) is 1. The highest BCUT2D eigenvalue weighted by molar-refractivity contribution is 9.10. The molecule has 108 valence electrons. The standard InChI is InChI=1S/C14H17BrN2O3/c15-11-2-4-12(5-3-11)20-9-6-14(19)17-8-1-7-16-13(18)10-17/h2-5H,1,6-10H2,(H,16,18). The van der Waals surface area contributed by atoms with E-state index in [2.05, 4.69) is 21.2 Å². The third-order valence-corrected chi connectivity index (χ3v) is 3.54. The highest BCUT2D eigenvalue weighted by Crippen LogP contribution is 2.16. The molecule has 0 atom stereocenters. The minimum atomic E-state index is -0.0929. The Kier molecular flexibility index (Phi) is 5.40. The summed E-state index contributed by atoms with van der Waals surface area (Å²) in [5.41, 5.74) is 0. The van der Waals surface area contributed by atoms with Crippen LogP contribution in [0.5, 0.6) is 5.75 Å². The van der Waals surface area contributed by atoms with Gasteiger partial charge in [0.2, 0.25) is 11.8 Å². The first-order valence-electron chi connectivity index (χ1n) is 6.58. The number of benzene rings is 1. The molecule has 1 fully saturated rings.